The fourth-order valence-corrected chi connectivity index (χ4v) is 5.70. The molecule has 188 valence electrons. The van der Waals surface area contributed by atoms with Gasteiger partial charge in [-0.1, -0.05) is 34.3 Å². The predicted molar refractivity (Wildman–Crippen MR) is 138 cm³/mol. The number of aromatic nitrogens is 5. The number of thiazole rings is 1. The molecule has 0 aliphatic carbocycles. The highest BCUT2D eigenvalue weighted by molar-refractivity contribution is 7.99. The van der Waals surface area contributed by atoms with Crippen LogP contribution in [-0.2, 0) is 21.4 Å². The van der Waals surface area contributed by atoms with Crippen molar-refractivity contribution in [2.45, 2.75) is 30.4 Å². The average Bonchev–Trinajstić information content (AvgIpc) is 3.51. The van der Waals surface area contributed by atoms with Crippen LogP contribution in [0.15, 0.2) is 57.6 Å². The summed E-state index contributed by atoms with van der Waals surface area (Å²) in [4.78, 5) is 17.6. The molecule has 0 radical (unpaired) electrons. The molecule has 0 atom stereocenters. The van der Waals surface area contributed by atoms with E-state index < -0.39 is 10.0 Å². The van der Waals surface area contributed by atoms with Gasteiger partial charge in [0.05, 0.1) is 21.2 Å². The van der Waals surface area contributed by atoms with Crippen molar-refractivity contribution in [2.75, 3.05) is 21.5 Å². The molecular formula is C21H22N8O4S3. The van der Waals surface area contributed by atoms with Crippen LogP contribution in [0.3, 0.4) is 0 Å². The number of allylic oxidation sites excluding steroid dienone is 1. The molecule has 0 saturated carbocycles. The summed E-state index contributed by atoms with van der Waals surface area (Å²) in [6.45, 7) is 7.73. The van der Waals surface area contributed by atoms with E-state index in [2.05, 4.69) is 37.0 Å². The van der Waals surface area contributed by atoms with E-state index in [0.29, 0.717) is 34.1 Å². The molecular weight excluding hydrogens is 524 g/mol. The zero-order chi connectivity index (χ0) is 25.9. The smallest absolute Gasteiger partial charge is 0.263 e. The molecule has 0 aliphatic rings. The van der Waals surface area contributed by atoms with Crippen LogP contribution in [-0.4, -0.2) is 45.0 Å². The maximum absolute atomic E-state index is 12.5. The molecule has 3 heterocycles. The van der Waals surface area contributed by atoms with Gasteiger partial charge in [-0.2, -0.15) is 0 Å². The number of amides is 1. The lowest BCUT2D eigenvalue weighted by molar-refractivity contribution is -0.113. The topological polar surface area (TPSA) is 171 Å². The lowest BCUT2D eigenvalue weighted by Crippen LogP contribution is -2.15. The minimum absolute atomic E-state index is 0.0135. The molecule has 4 N–H and O–H groups in total. The van der Waals surface area contributed by atoms with Gasteiger partial charge in [0.2, 0.25) is 5.91 Å². The summed E-state index contributed by atoms with van der Waals surface area (Å²) >= 11 is 2.53. The van der Waals surface area contributed by atoms with Crippen molar-refractivity contribution in [1.82, 2.24) is 24.9 Å². The van der Waals surface area contributed by atoms with Gasteiger partial charge in [0.25, 0.3) is 10.0 Å². The second-order valence-electron chi connectivity index (χ2n) is 7.46. The Kier molecular flexibility index (Phi) is 7.42. The first-order valence-corrected chi connectivity index (χ1v) is 13.7. The molecule has 3 aromatic heterocycles. The van der Waals surface area contributed by atoms with Gasteiger partial charge in [-0.15, -0.1) is 16.8 Å². The van der Waals surface area contributed by atoms with Crippen molar-refractivity contribution in [3.8, 4) is 10.7 Å². The first-order valence-electron chi connectivity index (χ1n) is 10.4. The molecule has 0 fully saturated rings. The number of anilines is 3. The number of nitrogens with zero attached hydrogens (tertiary/aromatic N) is 5. The number of hydrogen-bond acceptors (Lipinski definition) is 11. The van der Waals surface area contributed by atoms with Crippen molar-refractivity contribution < 1.29 is 17.7 Å². The normalized spacial score (nSPS) is 11.4. The highest BCUT2D eigenvalue weighted by Crippen LogP contribution is 2.32. The summed E-state index contributed by atoms with van der Waals surface area (Å²) in [5, 5.41) is 15.8. The van der Waals surface area contributed by atoms with Crippen LogP contribution in [0, 0.1) is 13.8 Å². The van der Waals surface area contributed by atoms with E-state index in [1.165, 1.54) is 53.4 Å². The Hall–Kier alpha value is -3.69. The first-order chi connectivity index (χ1) is 17.2. The third kappa shape index (κ3) is 5.75. The standard InChI is InChI=1S/C21H22N8O4S3/c1-4-9-29-19(18-13(3)23-20(22)35-18)25-26-21(29)34-11-17(30)24-14-5-7-15(8-6-14)36(31,32)28-16-10-12(2)33-27-16/h4-8,10H,1,9,11H2,2-3H3,(H2,22,23)(H,24,30)(H,27,28). The lowest BCUT2D eigenvalue weighted by Gasteiger charge is -2.09. The summed E-state index contributed by atoms with van der Waals surface area (Å²) in [6.07, 6.45) is 1.71. The van der Waals surface area contributed by atoms with Gasteiger partial charge in [-0.05, 0) is 38.1 Å². The number of hydrogen-bond donors (Lipinski definition) is 3. The molecule has 0 saturated heterocycles. The molecule has 1 amide bonds. The number of aryl methyl sites for hydroxylation is 2. The van der Waals surface area contributed by atoms with Crippen LogP contribution in [0.4, 0.5) is 16.6 Å². The Balaban J connectivity index is 1.39. The highest BCUT2D eigenvalue weighted by atomic mass is 32.2. The zero-order valence-electron chi connectivity index (χ0n) is 19.3. The first kappa shape index (κ1) is 25.4. The number of nitrogens with one attached hydrogen (secondary N) is 2. The molecule has 0 unspecified atom stereocenters. The maximum atomic E-state index is 12.5. The second-order valence-corrected chi connectivity index (χ2v) is 11.1. The van der Waals surface area contributed by atoms with Crippen LogP contribution in [0.2, 0.25) is 0 Å². The zero-order valence-corrected chi connectivity index (χ0v) is 21.7. The number of carbonyl (C=O) groups excluding carboxylic acids is 1. The van der Waals surface area contributed by atoms with Crippen molar-refractivity contribution >= 4 is 55.7 Å². The Morgan fingerprint density at radius 3 is 2.64 bits per heavy atom. The molecule has 0 aliphatic heterocycles. The minimum atomic E-state index is -3.85. The van der Waals surface area contributed by atoms with E-state index in [1.54, 1.807) is 13.0 Å². The van der Waals surface area contributed by atoms with Gasteiger partial charge in [-0.3, -0.25) is 14.1 Å². The quantitative estimate of drug-likeness (QED) is 0.198. The van der Waals surface area contributed by atoms with Gasteiger partial charge in [0.15, 0.2) is 21.9 Å². The summed E-state index contributed by atoms with van der Waals surface area (Å²) < 4.78 is 34.0. The van der Waals surface area contributed by atoms with E-state index in [1.807, 2.05) is 11.5 Å². The molecule has 4 aromatic rings. The SMILES string of the molecule is C=CCn1c(SCC(=O)Nc2ccc(S(=O)(=O)Nc3cc(C)on3)cc2)nnc1-c1sc(N)nc1C. The summed E-state index contributed by atoms with van der Waals surface area (Å²) in [7, 11) is -3.85. The van der Waals surface area contributed by atoms with Gasteiger partial charge in [0.1, 0.15) is 5.76 Å². The number of sulfonamides is 1. The largest absolute Gasteiger partial charge is 0.375 e. The number of rotatable bonds is 10. The van der Waals surface area contributed by atoms with E-state index in [4.69, 9.17) is 10.3 Å². The van der Waals surface area contributed by atoms with Gasteiger partial charge in [0, 0.05) is 18.3 Å². The third-order valence-electron chi connectivity index (χ3n) is 4.69. The van der Waals surface area contributed by atoms with Crippen molar-refractivity contribution in [3.63, 3.8) is 0 Å². The highest BCUT2D eigenvalue weighted by Gasteiger charge is 2.20. The lowest BCUT2D eigenvalue weighted by atomic mass is 10.3. The number of thioether (sulfide) groups is 1. The fourth-order valence-electron chi connectivity index (χ4n) is 3.14. The van der Waals surface area contributed by atoms with Crippen LogP contribution in [0.1, 0.15) is 11.5 Å². The third-order valence-corrected chi connectivity index (χ3v) is 8.01. The molecule has 0 spiro atoms. The number of benzene rings is 1. The average molecular weight is 547 g/mol. The monoisotopic (exact) mass is 546 g/mol. The van der Waals surface area contributed by atoms with Crippen LogP contribution in [0.5, 0.6) is 0 Å². The van der Waals surface area contributed by atoms with Gasteiger partial charge in [-0.25, -0.2) is 13.4 Å². The maximum Gasteiger partial charge on any atom is 0.263 e. The molecule has 36 heavy (non-hydrogen) atoms. The molecule has 12 nitrogen and oxygen atoms in total. The summed E-state index contributed by atoms with van der Waals surface area (Å²) in [5.41, 5.74) is 7.01. The van der Waals surface area contributed by atoms with Gasteiger partial charge < -0.3 is 15.6 Å². The van der Waals surface area contributed by atoms with E-state index in [9.17, 15) is 13.2 Å². The van der Waals surface area contributed by atoms with E-state index >= 15 is 0 Å². The van der Waals surface area contributed by atoms with Crippen LogP contribution in [0.25, 0.3) is 10.7 Å². The second kappa shape index (κ2) is 10.5. The fraction of sp³-hybridized carbons (Fsp3) is 0.190. The van der Waals surface area contributed by atoms with Crippen LogP contribution >= 0.6 is 23.1 Å². The van der Waals surface area contributed by atoms with E-state index in [0.717, 1.165) is 10.6 Å². The van der Waals surface area contributed by atoms with Crippen molar-refractivity contribution in [3.05, 3.63) is 54.4 Å². The Morgan fingerprint density at radius 1 is 1.28 bits per heavy atom. The number of carbonyl (C=O) groups is 1. The van der Waals surface area contributed by atoms with Crippen LogP contribution < -0.4 is 15.8 Å². The van der Waals surface area contributed by atoms with Crippen molar-refractivity contribution in [2.24, 2.45) is 0 Å². The van der Waals surface area contributed by atoms with E-state index in [-0.39, 0.29) is 22.4 Å². The number of nitrogen functional groups attached to an aromatic ring is 1. The molecule has 4 rings (SSSR count). The Morgan fingerprint density at radius 2 is 2.03 bits per heavy atom. The Labute approximate surface area is 215 Å². The molecule has 0 bridgehead atoms. The Bertz CT molecular complexity index is 1510. The molecule has 15 heteroatoms. The summed E-state index contributed by atoms with van der Waals surface area (Å²) in [6, 6.07) is 7.24. The van der Waals surface area contributed by atoms with Crippen molar-refractivity contribution in [1.29, 1.82) is 0 Å². The summed E-state index contributed by atoms with van der Waals surface area (Å²) in [5.74, 6) is 0.941. The predicted octanol–water partition coefficient (Wildman–Crippen LogP) is 3.31. The number of nitrogens with two attached hydrogens (primary N) is 1. The minimum Gasteiger partial charge on any atom is -0.375 e. The van der Waals surface area contributed by atoms with Gasteiger partial charge >= 0.3 is 0 Å². The molecule has 1 aromatic carbocycles.